The second-order valence-corrected chi connectivity index (χ2v) is 5.44. The molecule has 1 heterocycles. The van der Waals surface area contributed by atoms with Gasteiger partial charge in [0.25, 0.3) is 0 Å². The highest BCUT2D eigenvalue weighted by molar-refractivity contribution is 5.89. The van der Waals surface area contributed by atoms with Crippen molar-refractivity contribution >= 4 is 11.9 Å². The van der Waals surface area contributed by atoms with Gasteiger partial charge in [-0.2, -0.15) is 0 Å². The summed E-state index contributed by atoms with van der Waals surface area (Å²) in [6.07, 6.45) is 3.00. The van der Waals surface area contributed by atoms with Gasteiger partial charge in [0.15, 0.2) is 0 Å². The van der Waals surface area contributed by atoms with Crippen LogP contribution < -0.4 is 5.73 Å². The monoisotopic (exact) mass is 256 g/mol. The number of rotatable bonds is 4. The van der Waals surface area contributed by atoms with E-state index in [-0.39, 0.29) is 11.8 Å². The van der Waals surface area contributed by atoms with Crippen LogP contribution in [0.5, 0.6) is 0 Å². The predicted molar refractivity (Wildman–Crippen MR) is 69.0 cm³/mol. The second-order valence-electron chi connectivity index (χ2n) is 5.44. The lowest BCUT2D eigenvalue weighted by Crippen LogP contribution is -2.61. The Kier molecular flexibility index (Phi) is 4.73. The molecule has 1 saturated heterocycles. The molecule has 5 heteroatoms. The van der Waals surface area contributed by atoms with E-state index in [1.807, 2.05) is 13.8 Å². The van der Waals surface area contributed by atoms with E-state index in [1.54, 1.807) is 6.92 Å². The van der Waals surface area contributed by atoms with Crippen molar-refractivity contribution in [1.82, 2.24) is 4.90 Å². The van der Waals surface area contributed by atoms with Gasteiger partial charge in [0.2, 0.25) is 5.91 Å². The summed E-state index contributed by atoms with van der Waals surface area (Å²) in [6, 6.07) is -0.605. The predicted octanol–water partition coefficient (Wildman–Crippen LogP) is 1.22. The molecule has 0 aromatic rings. The molecule has 3 atom stereocenters. The first kappa shape index (κ1) is 15.0. The lowest BCUT2D eigenvalue weighted by molar-refractivity contribution is -0.162. The molecule has 18 heavy (non-hydrogen) atoms. The van der Waals surface area contributed by atoms with Crippen LogP contribution in [0.15, 0.2) is 0 Å². The summed E-state index contributed by atoms with van der Waals surface area (Å²) >= 11 is 0. The minimum absolute atomic E-state index is 0.0671. The van der Waals surface area contributed by atoms with Crippen LogP contribution in [0, 0.1) is 5.92 Å². The molecule has 5 nitrogen and oxygen atoms in total. The highest BCUT2D eigenvalue weighted by Crippen LogP contribution is 2.29. The number of nitrogens with zero attached hydrogens (tertiary/aromatic N) is 1. The van der Waals surface area contributed by atoms with Crippen LogP contribution in [0.1, 0.15) is 46.5 Å². The van der Waals surface area contributed by atoms with Gasteiger partial charge in [0, 0.05) is 6.54 Å². The summed E-state index contributed by atoms with van der Waals surface area (Å²) in [5, 5.41) is 9.36. The Bertz CT molecular complexity index is 332. The third-order valence-corrected chi connectivity index (χ3v) is 4.16. The third kappa shape index (κ3) is 2.66. The van der Waals surface area contributed by atoms with Gasteiger partial charge in [-0.25, -0.2) is 4.79 Å². The quantitative estimate of drug-likeness (QED) is 0.792. The minimum Gasteiger partial charge on any atom is -0.480 e. The van der Waals surface area contributed by atoms with Crippen LogP contribution in [0.4, 0.5) is 0 Å². The lowest BCUT2D eigenvalue weighted by Gasteiger charge is -2.43. The molecular formula is C13H24N2O3. The van der Waals surface area contributed by atoms with Crippen molar-refractivity contribution in [2.24, 2.45) is 11.7 Å². The molecule has 0 aromatic carbocycles. The SMILES string of the molecule is CCC(C)C(N)C(=O)N1CCCCC1(C)C(=O)O. The van der Waals surface area contributed by atoms with Crippen molar-refractivity contribution in [1.29, 1.82) is 0 Å². The van der Waals surface area contributed by atoms with E-state index in [4.69, 9.17) is 5.73 Å². The van der Waals surface area contributed by atoms with E-state index in [1.165, 1.54) is 4.90 Å². The number of likely N-dealkylation sites (tertiary alicyclic amines) is 1. The molecule has 1 rings (SSSR count). The molecule has 0 bridgehead atoms. The van der Waals surface area contributed by atoms with Gasteiger partial charge in [0.05, 0.1) is 6.04 Å². The van der Waals surface area contributed by atoms with E-state index in [9.17, 15) is 14.7 Å². The number of piperidine rings is 1. The van der Waals surface area contributed by atoms with Crippen LogP contribution in [0.3, 0.4) is 0 Å². The molecule has 0 radical (unpaired) electrons. The normalized spacial score (nSPS) is 27.7. The number of carboxylic acid groups (broad SMARTS) is 1. The van der Waals surface area contributed by atoms with Crippen LogP contribution in [-0.2, 0) is 9.59 Å². The first-order valence-electron chi connectivity index (χ1n) is 6.65. The molecule has 3 unspecified atom stereocenters. The molecule has 1 fully saturated rings. The molecule has 1 amide bonds. The Morgan fingerprint density at radius 1 is 1.44 bits per heavy atom. The molecule has 0 spiro atoms. The number of carbonyl (C=O) groups is 2. The zero-order valence-corrected chi connectivity index (χ0v) is 11.5. The largest absolute Gasteiger partial charge is 0.480 e. The average Bonchev–Trinajstić information content (AvgIpc) is 2.36. The van der Waals surface area contributed by atoms with Crippen molar-refractivity contribution in [2.75, 3.05) is 6.54 Å². The average molecular weight is 256 g/mol. The smallest absolute Gasteiger partial charge is 0.329 e. The fraction of sp³-hybridized carbons (Fsp3) is 0.846. The van der Waals surface area contributed by atoms with Crippen LogP contribution >= 0.6 is 0 Å². The summed E-state index contributed by atoms with van der Waals surface area (Å²) in [5.74, 6) is -1.10. The summed E-state index contributed by atoms with van der Waals surface area (Å²) in [6.45, 7) is 6.01. The topological polar surface area (TPSA) is 83.6 Å². The van der Waals surface area contributed by atoms with Crippen LogP contribution in [0.2, 0.25) is 0 Å². The number of nitrogens with two attached hydrogens (primary N) is 1. The summed E-state index contributed by atoms with van der Waals surface area (Å²) in [7, 11) is 0. The maximum Gasteiger partial charge on any atom is 0.329 e. The van der Waals surface area contributed by atoms with Gasteiger partial charge in [-0.05, 0) is 32.1 Å². The van der Waals surface area contributed by atoms with Crippen molar-refractivity contribution in [3.05, 3.63) is 0 Å². The first-order valence-corrected chi connectivity index (χ1v) is 6.65. The Labute approximate surface area is 108 Å². The Morgan fingerprint density at radius 3 is 2.56 bits per heavy atom. The van der Waals surface area contributed by atoms with Crippen molar-refractivity contribution in [2.45, 2.75) is 58.0 Å². The van der Waals surface area contributed by atoms with Gasteiger partial charge in [0.1, 0.15) is 5.54 Å². The van der Waals surface area contributed by atoms with E-state index in [0.717, 1.165) is 19.3 Å². The number of carbonyl (C=O) groups excluding carboxylic acids is 1. The highest BCUT2D eigenvalue weighted by atomic mass is 16.4. The van der Waals surface area contributed by atoms with Crippen LogP contribution in [-0.4, -0.2) is 40.0 Å². The molecule has 0 aliphatic carbocycles. The molecule has 1 aliphatic heterocycles. The maximum atomic E-state index is 12.4. The fourth-order valence-electron chi connectivity index (χ4n) is 2.37. The zero-order chi connectivity index (χ0) is 13.9. The molecule has 104 valence electrons. The Balaban J connectivity index is 2.91. The van der Waals surface area contributed by atoms with Crippen LogP contribution in [0.25, 0.3) is 0 Å². The third-order valence-electron chi connectivity index (χ3n) is 4.16. The Hall–Kier alpha value is -1.10. The lowest BCUT2D eigenvalue weighted by atomic mass is 9.86. The fourth-order valence-corrected chi connectivity index (χ4v) is 2.37. The summed E-state index contributed by atoms with van der Waals surface area (Å²) < 4.78 is 0. The number of hydrogen-bond donors (Lipinski definition) is 2. The van der Waals surface area contributed by atoms with Crippen molar-refractivity contribution in [3.8, 4) is 0 Å². The highest BCUT2D eigenvalue weighted by Gasteiger charge is 2.45. The molecule has 1 aliphatic rings. The maximum absolute atomic E-state index is 12.4. The number of carboxylic acids is 1. The van der Waals surface area contributed by atoms with Gasteiger partial charge >= 0.3 is 5.97 Å². The molecule has 0 aromatic heterocycles. The molecule has 3 N–H and O–H groups in total. The van der Waals surface area contributed by atoms with E-state index < -0.39 is 17.6 Å². The zero-order valence-electron chi connectivity index (χ0n) is 11.5. The molecular weight excluding hydrogens is 232 g/mol. The number of amides is 1. The van der Waals surface area contributed by atoms with Crippen molar-refractivity contribution < 1.29 is 14.7 Å². The number of hydrogen-bond acceptors (Lipinski definition) is 3. The van der Waals surface area contributed by atoms with Gasteiger partial charge in [-0.3, -0.25) is 4.79 Å². The minimum atomic E-state index is -1.10. The van der Waals surface area contributed by atoms with E-state index in [2.05, 4.69) is 0 Å². The van der Waals surface area contributed by atoms with Gasteiger partial charge in [-0.15, -0.1) is 0 Å². The van der Waals surface area contributed by atoms with Gasteiger partial charge < -0.3 is 15.7 Å². The second kappa shape index (κ2) is 5.69. The van der Waals surface area contributed by atoms with Gasteiger partial charge in [-0.1, -0.05) is 20.3 Å². The molecule has 0 saturated carbocycles. The standard InChI is InChI=1S/C13H24N2O3/c1-4-9(2)10(14)11(16)15-8-6-5-7-13(15,3)12(17)18/h9-10H,4-8,14H2,1-3H3,(H,17,18). The Morgan fingerprint density at radius 2 is 2.06 bits per heavy atom. The van der Waals surface area contributed by atoms with E-state index in [0.29, 0.717) is 13.0 Å². The summed E-state index contributed by atoms with van der Waals surface area (Å²) in [4.78, 5) is 25.2. The van der Waals surface area contributed by atoms with Crippen molar-refractivity contribution in [3.63, 3.8) is 0 Å². The van der Waals surface area contributed by atoms with E-state index >= 15 is 0 Å². The number of aliphatic carboxylic acids is 1. The first-order chi connectivity index (χ1) is 8.34. The summed E-state index contributed by atoms with van der Waals surface area (Å²) in [5.41, 5.74) is 4.84.